The molecule has 4 heterocycles. The van der Waals surface area contributed by atoms with Gasteiger partial charge in [-0.2, -0.15) is 0 Å². The van der Waals surface area contributed by atoms with E-state index in [1.54, 1.807) is 53.1 Å². The van der Waals surface area contributed by atoms with Crippen LogP contribution in [0.15, 0.2) is 91.0 Å². The van der Waals surface area contributed by atoms with Crippen LogP contribution in [0, 0.1) is 18.8 Å². The maximum absolute atomic E-state index is 14.2. The molecule has 2 saturated heterocycles. The Hall–Kier alpha value is -7.14. The van der Waals surface area contributed by atoms with Crippen LogP contribution in [0.2, 0.25) is 0 Å². The van der Waals surface area contributed by atoms with Crippen LogP contribution in [-0.4, -0.2) is 77.0 Å². The number of carbonyl (C=O) groups excluding carboxylic acids is 2. The van der Waals surface area contributed by atoms with E-state index >= 15 is 0 Å². The number of rotatable bonds is 8. The first kappa shape index (κ1) is 37.8. The second-order valence-corrected chi connectivity index (χ2v) is 15.0. The molecule has 0 aliphatic carbocycles. The molecular weight excluding hydrogens is 737 g/mol. The van der Waals surface area contributed by atoms with Crippen molar-refractivity contribution in [3.05, 3.63) is 130 Å². The first-order valence-electron chi connectivity index (χ1n) is 19.2. The molecule has 14 heteroatoms. The first-order chi connectivity index (χ1) is 28.0. The molecule has 8 rings (SSSR count). The fraction of sp³-hybridized carbons (Fsp3) is 0.273. The van der Waals surface area contributed by atoms with E-state index in [0.29, 0.717) is 59.7 Å². The summed E-state index contributed by atoms with van der Waals surface area (Å²) in [6.45, 7) is 4.43. The zero-order valence-electron chi connectivity index (χ0n) is 32.0. The molecule has 0 saturated carbocycles. The molecule has 2 aliphatic rings. The molecule has 14 nitrogen and oxygen atoms in total. The van der Waals surface area contributed by atoms with Crippen LogP contribution >= 0.6 is 0 Å². The predicted molar refractivity (Wildman–Crippen MR) is 216 cm³/mol. The number of carbonyl (C=O) groups is 4. The molecule has 2 fully saturated rings. The Morgan fingerprint density at radius 3 is 1.88 bits per heavy atom. The van der Waals surface area contributed by atoms with E-state index in [2.05, 4.69) is 32.4 Å². The van der Waals surface area contributed by atoms with E-state index in [-0.39, 0.29) is 23.9 Å². The standard InChI is InChI=1S/C44H42N8O6/c1-26-10-6-7-13-30(26)44(2,50-43(57)58)41(54)52-23-9-15-36(52)39-46-32-21-19-28(25-34(32)48-39)17-16-27-18-20-31-33(24-27)47-38(45-31)35-14-8-22-51(35)40(53)37(49-42(55)56)29-11-4-3-5-12-29/h3-7,10-13,18-21,24-25,35-37,49-50H,8-9,14-15,22-23H2,1-2H3,(H,45,47)(H,46,48)(H,55,56)(H,57,58)/t35?,36-,37?,44+/m0/s1. The van der Waals surface area contributed by atoms with E-state index in [1.807, 2.05) is 61.5 Å². The van der Waals surface area contributed by atoms with E-state index in [0.717, 1.165) is 40.6 Å². The molecule has 0 radical (unpaired) electrons. The van der Waals surface area contributed by atoms with Crippen LogP contribution in [0.4, 0.5) is 9.59 Å². The fourth-order valence-corrected chi connectivity index (χ4v) is 8.37. The zero-order chi connectivity index (χ0) is 40.6. The van der Waals surface area contributed by atoms with Crippen molar-refractivity contribution in [2.45, 2.75) is 63.2 Å². The smallest absolute Gasteiger partial charge is 0.405 e. The van der Waals surface area contributed by atoms with Crippen molar-refractivity contribution < 1.29 is 29.4 Å². The van der Waals surface area contributed by atoms with Gasteiger partial charge in [0.1, 0.15) is 23.2 Å². The third kappa shape index (κ3) is 7.30. The van der Waals surface area contributed by atoms with Crippen LogP contribution in [0.5, 0.6) is 0 Å². The summed E-state index contributed by atoms with van der Waals surface area (Å²) in [6.07, 6.45) is 0.320. The number of aromatic nitrogens is 4. The number of nitrogens with zero attached hydrogens (tertiary/aromatic N) is 4. The Labute approximate surface area is 333 Å². The minimum atomic E-state index is -1.49. The number of hydrogen-bond donors (Lipinski definition) is 6. The number of hydrogen-bond acceptors (Lipinski definition) is 6. The van der Waals surface area contributed by atoms with Crippen molar-refractivity contribution in [1.82, 2.24) is 40.4 Å². The maximum Gasteiger partial charge on any atom is 0.405 e. The highest BCUT2D eigenvalue weighted by Gasteiger charge is 2.45. The number of imidazole rings is 2. The Morgan fingerprint density at radius 2 is 1.31 bits per heavy atom. The molecule has 0 bridgehead atoms. The molecule has 2 unspecified atom stereocenters. The van der Waals surface area contributed by atoms with Crippen molar-refractivity contribution >= 4 is 46.1 Å². The summed E-state index contributed by atoms with van der Waals surface area (Å²) in [5, 5.41) is 24.2. The number of aryl methyl sites for hydroxylation is 1. The molecule has 4 amide bonds. The zero-order valence-corrected chi connectivity index (χ0v) is 32.0. The molecule has 6 N–H and O–H groups in total. The molecule has 58 heavy (non-hydrogen) atoms. The Kier molecular flexibility index (Phi) is 10.0. The van der Waals surface area contributed by atoms with Gasteiger partial charge in [-0.15, -0.1) is 0 Å². The topological polar surface area (TPSA) is 197 Å². The van der Waals surface area contributed by atoms with Gasteiger partial charge in [-0.1, -0.05) is 66.4 Å². The monoisotopic (exact) mass is 778 g/mol. The van der Waals surface area contributed by atoms with Gasteiger partial charge >= 0.3 is 12.2 Å². The highest BCUT2D eigenvalue weighted by atomic mass is 16.4. The van der Waals surface area contributed by atoms with Gasteiger partial charge in [-0.3, -0.25) is 9.59 Å². The first-order valence-corrected chi connectivity index (χ1v) is 19.2. The lowest BCUT2D eigenvalue weighted by Crippen LogP contribution is -2.55. The number of amides is 4. The largest absolute Gasteiger partial charge is 0.465 e. The summed E-state index contributed by atoms with van der Waals surface area (Å²) in [5.74, 6) is 7.07. The van der Waals surface area contributed by atoms with Crippen LogP contribution in [-0.2, 0) is 15.1 Å². The minimum Gasteiger partial charge on any atom is -0.465 e. The number of H-pyrrole nitrogens is 2. The third-order valence-electron chi connectivity index (χ3n) is 11.2. The summed E-state index contributed by atoms with van der Waals surface area (Å²) in [5.41, 5.74) is 4.97. The van der Waals surface area contributed by atoms with Crippen molar-refractivity contribution in [1.29, 1.82) is 0 Å². The number of aromatic amines is 2. The van der Waals surface area contributed by atoms with Gasteiger partial charge in [0, 0.05) is 24.2 Å². The summed E-state index contributed by atoms with van der Waals surface area (Å²) >= 11 is 0. The average molecular weight is 779 g/mol. The molecule has 2 aliphatic heterocycles. The van der Waals surface area contributed by atoms with Crippen molar-refractivity contribution in [3.8, 4) is 11.8 Å². The van der Waals surface area contributed by atoms with E-state index in [9.17, 15) is 29.4 Å². The highest BCUT2D eigenvalue weighted by molar-refractivity contribution is 5.92. The van der Waals surface area contributed by atoms with Gasteiger partial charge in [-0.05, 0) is 92.6 Å². The normalized spacial score (nSPS) is 18.0. The van der Waals surface area contributed by atoms with Crippen LogP contribution < -0.4 is 10.6 Å². The second kappa shape index (κ2) is 15.4. The number of likely N-dealkylation sites (tertiary alicyclic amines) is 2. The molecule has 6 aromatic rings. The van der Waals surface area contributed by atoms with Gasteiger partial charge in [0.2, 0.25) is 0 Å². The number of benzene rings is 4. The molecule has 2 aromatic heterocycles. The van der Waals surface area contributed by atoms with E-state index in [1.165, 1.54) is 0 Å². The Bertz CT molecular complexity index is 2630. The van der Waals surface area contributed by atoms with Gasteiger partial charge in [-0.25, -0.2) is 19.6 Å². The average Bonchev–Trinajstić information content (AvgIpc) is 4.04. The molecule has 4 atom stereocenters. The second-order valence-electron chi connectivity index (χ2n) is 15.0. The van der Waals surface area contributed by atoms with Gasteiger partial charge < -0.3 is 40.6 Å². The number of fused-ring (bicyclic) bond motifs is 2. The Balaban J connectivity index is 1.00. The van der Waals surface area contributed by atoms with Gasteiger partial charge in [0.15, 0.2) is 0 Å². The summed E-state index contributed by atoms with van der Waals surface area (Å²) in [6, 6.07) is 25.8. The number of carboxylic acid groups (broad SMARTS) is 2. The predicted octanol–water partition coefficient (Wildman–Crippen LogP) is 6.67. The lowest BCUT2D eigenvalue weighted by Gasteiger charge is -2.36. The summed E-state index contributed by atoms with van der Waals surface area (Å²) in [4.78, 5) is 71.5. The van der Waals surface area contributed by atoms with Gasteiger partial charge in [0.25, 0.3) is 11.8 Å². The van der Waals surface area contributed by atoms with Crippen LogP contribution in [0.3, 0.4) is 0 Å². The molecular formula is C44H42N8O6. The molecule has 0 spiro atoms. The number of nitrogens with one attached hydrogen (secondary N) is 4. The maximum atomic E-state index is 14.2. The quantitative estimate of drug-likeness (QED) is 0.0922. The highest BCUT2D eigenvalue weighted by Crippen LogP contribution is 2.37. The summed E-state index contributed by atoms with van der Waals surface area (Å²) in [7, 11) is 0. The lowest BCUT2D eigenvalue weighted by atomic mass is 9.87. The van der Waals surface area contributed by atoms with Crippen molar-refractivity contribution in [2.75, 3.05) is 13.1 Å². The minimum absolute atomic E-state index is 0.327. The van der Waals surface area contributed by atoms with E-state index < -0.39 is 23.8 Å². The lowest BCUT2D eigenvalue weighted by molar-refractivity contribution is -0.139. The van der Waals surface area contributed by atoms with Crippen molar-refractivity contribution in [2.24, 2.45) is 0 Å². The molecule has 4 aromatic carbocycles. The van der Waals surface area contributed by atoms with Crippen LogP contribution in [0.1, 0.15) is 90.2 Å². The SMILES string of the molecule is Cc1ccccc1[C@@](C)(NC(=O)O)C(=O)N1CCC[C@H]1c1nc2cc(C#Cc3ccc4[nH]c(C5CCCN5C(=O)C(NC(=O)O)c5ccccc5)nc4c3)ccc2[nH]1. The molecule has 294 valence electrons. The van der Waals surface area contributed by atoms with E-state index in [4.69, 9.17) is 9.97 Å². The van der Waals surface area contributed by atoms with Crippen LogP contribution in [0.25, 0.3) is 22.1 Å². The summed E-state index contributed by atoms with van der Waals surface area (Å²) < 4.78 is 0. The van der Waals surface area contributed by atoms with Gasteiger partial charge in [0.05, 0.1) is 34.2 Å². The Morgan fingerprint density at radius 1 is 0.759 bits per heavy atom. The third-order valence-corrected chi connectivity index (χ3v) is 11.2. The fourth-order valence-electron chi connectivity index (χ4n) is 8.37. The van der Waals surface area contributed by atoms with Crippen molar-refractivity contribution in [3.63, 3.8) is 0 Å².